The number of aromatic nitrogens is 1. The van der Waals surface area contributed by atoms with E-state index in [-0.39, 0.29) is 18.2 Å². The summed E-state index contributed by atoms with van der Waals surface area (Å²) in [4.78, 5) is 16.8. The number of hydrogen-bond acceptors (Lipinski definition) is 5. The van der Waals surface area contributed by atoms with Gasteiger partial charge in [0.25, 0.3) is 5.91 Å². The zero-order valence-corrected chi connectivity index (χ0v) is 16.6. The first-order chi connectivity index (χ1) is 13.5. The molecule has 0 unspecified atom stereocenters. The number of hydrogen-bond donors (Lipinski definition) is 2. The van der Waals surface area contributed by atoms with E-state index >= 15 is 0 Å². The molecule has 28 heavy (non-hydrogen) atoms. The lowest BCUT2D eigenvalue weighted by molar-refractivity contribution is 0.102. The fourth-order valence-electron chi connectivity index (χ4n) is 2.43. The van der Waals surface area contributed by atoms with Crippen molar-refractivity contribution in [3.63, 3.8) is 0 Å². The second-order valence-electron chi connectivity index (χ2n) is 5.95. The van der Waals surface area contributed by atoms with Gasteiger partial charge in [-0.3, -0.25) is 4.79 Å². The minimum Gasteiger partial charge on any atom is -0.321 e. The number of carbonyl (C=O) groups excluding carboxylic acids is 1. The highest BCUT2D eigenvalue weighted by Gasteiger charge is 2.13. The lowest BCUT2D eigenvalue weighted by Gasteiger charge is -2.07. The predicted octanol–water partition coefficient (Wildman–Crippen LogP) is 3.67. The number of thiazole rings is 1. The summed E-state index contributed by atoms with van der Waals surface area (Å²) >= 11 is 1.40. The minimum absolute atomic E-state index is 0.137. The zero-order valence-electron chi connectivity index (χ0n) is 15.0. The van der Waals surface area contributed by atoms with Crippen LogP contribution in [-0.4, -0.2) is 25.9 Å². The SMILES string of the molecule is C=CCNS(=O)(=O)Cc1ccc(NC(=O)c2csc(-c3ccccc3)n2)cc1. The molecule has 1 heterocycles. The lowest BCUT2D eigenvalue weighted by atomic mass is 10.2. The molecule has 0 aliphatic carbocycles. The second kappa shape index (κ2) is 8.92. The van der Waals surface area contributed by atoms with E-state index in [0.717, 1.165) is 10.6 Å². The second-order valence-corrected chi connectivity index (χ2v) is 8.62. The Kier molecular flexibility index (Phi) is 6.35. The number of rotatable bonds is 8. The van der Waals surface area contributed by atoms with Gasteiger partial charge in [0, 0.05) is 23.2 Å². The highest BCUT2D eigenvalue weighted by Crippen LogP contribution is 2.23. The minimum atomic E-state index is -3.42. The van der Waals surface area contributed by atoms with Crippen LogP contribution in [0.3, 0.4) is 0 Å². The van der Waals surface area contributed by atoms with Gasteiger partial charge in [0.2, 0.25) is 10.0 Å². The maximum atomic E-state index is 12.4. The van der Waals surface area contributed by atoms with E-state index in [1.807, 2.05) is 30.3 Å². The topological polar surface area (TPSA) is 88.2 Å². The first-order valence-electron chi connectivity index (χ1n) is 8.46. The van der Waals surface area contributed by atoms with Crippen LogP contribution in [0.4, 0.5) is 5.69 Å². The molecule has 0 radical (unpaired) electrons. The predicted molar refractivity (Wildman–Crippen MR) is 113 cm³/mol. The highest BCUT2D eigenvalue weighted by atomic mass is 32.2. The van der Waals surface area contributed by atoms with Crippen molar-refractivity contribution in [3.05, 3.63) is 83.9 Å². The summed E-state index contributed by atoms with van der Waals surface area (Å²) in [5, 5.41) is 5.26. The van der Waals surface area contributed by atoms with Crippen molar-refractivity contribution in [1.29, 1.82) is 0 Å². The normalized spacial score (nSPS) is 11.1. The zero-order chi connectivity index (χ0) is 20.0. The maximum Gasteiger partial charge on any atom is 0.275 e. The van der Waals surface area contributed by atoms with Gasteiger partial charge in [0.05, 0.1) is 5.75 Å². The Morgan fingerprint density at radius 1 is 1.11 bits per heavy atom. The van der Waals surface area contributed by atoms with Crippen molar-refractivity contribution in [3.8, 4) is 10.6 Å². The van der Waals surface area contributed by atoms with Crippen molar-refractivity contribution in [2.24, 2.45) is 0 Å². The van der Waals surface area contributed by atoms with Gasteiger partial charge in [-0.2, -0.15) is 0 Å². The third-order valence-corrected chi connectivity index (χ3v) is 5.98. The average molecular weight is 414 g/mol. The van der Waals surface area contributed by atoms with Gasteiger partial charge in [-0.05, 0) is 17.7 Å². The molecule has 3 aromatic rings. The van der Waals surface area contributed by atoms with E-state index in [4.69, 9.17) is 0 Å². The Morgan fingerprint density at radius 3 is 2.50 bits per heavy atom. The van der Waals surface area contributed by atoms with Crippen LogP contribution in [0.1, 0.15) is 16.1 Å². The molecule has 0 saturated heterocycles. The molecule has 0 atom stereocenters. The summed E-state index contributed by atoms with van der Waals surface area (Å²) in [5.74, 6) is -0.451. The molecule has 0 spiro atoms. The Hall–Kier alpha value is -2.81. The molecule has 0 fully saturated rings. The summed E-state index contributed by atoms with van der Waals surface area (Å²) in [6.45, 7) is 3.67. The molecule has 0 bridgehead atoms. The number of benzene rings is 2. The maximum absolute atomic E-state index is 12.4. The van der Waals surface area contributed by atoms with E-state index in [1.54, 1.807) is 29.6 Å². The number of anilines is 1. The molecule has 0 saturated carbocycles. The van der Waals surface area contributed by atoms with Gasteiger partial charge in [0.15, 0.2) is 0 Å². The number of sulfonamides is 1. The Bertz CT molecular complexity index is 1060. The van der Waals surface area contributed by atoms with Crippen LogP contribution < -0.4 is 10.0 Å². The first-order valence-corrected chi connectivity index (χ1v) is 11.0. The van der Waals surface area contributed by atoms with Crippen molar-refractivity contribution >= 4 is 33.0 Å². The van der Waals surface area contributed by atoms with Crippen molar-refractivity contribution in [2.45, 2.75) is 5.75 Å². The Balaban J connectivity index is 1.63. The summed E-state index contributed by atoms with van der Waals surface area (Å²) in [6, 6.07) is 16.3. The molecule has 144 valence electrons. The van der Waals surface area contributed by atoms with Crippen LogP contribution in [0.15, 0.2) is 72.6 Å². The number of nitrogens with zero attached hydrogens (tertiary/aromatic N) is 1. The fourth-order valence-corrected chi connectivity index (χ4v) is 4.34. The van der Waals surface area contributed by atoms with Gasteiger partial charge in [-0.1, -0.05) is 48.5 Å². The van der Waals surface area contributed by atoms with Crippen LogP contribution >= 0.6 is 11.3 Å². The molecule has 6 nitrogen and oxygen atoms in total. The highest BCUT2D eigenvalue weighted by molar-refractivity contribution is 7.88. The molecule has 2 N–H and O–H groups in total. The van der Waals surface area contributed by atoms with Crippen molar-refractivity contribution < 1.29 is 13.2 Å². The van der Waals surface area contributed by atoms with E-state index in [2.05, 4.69) is 21.6 Å². The van der Waals surface area contributed by atoms with E-state index in [1.165, 1.54) is 17.4 Å². The summed E-state index contributed by atoms with van der Waals surface area (Å²) in [5.41, 5.74) is 2.49. The number of nitrogens with one attached hydrogen (secondary N) is 2. The van der Waals surface area contributed by atoms with Crippen LogP contribution in [0.2, 0.25) is 0 Å². The monoisotopic (exact) mass is 413 g/mol. The fraction of sp³-hybridized carbons (Fsp3) is 0.100. The van der Waals surface area contributed by atoms with Crippen molar-refractivity contribution in [2.75, 3.05) is 11.9 Å². The average Bonchev–Trinajstić information content (AvgIpc) is 3.19. The first kappa shape index (κ1) is 19.9. The van der Waals surface area contributed by atoms with Crippen molar-refractivity contribution in [1.82, 2.24) is 9.71 Å². The van der Waals surface area contributed by atoms with Crippen LogP contribution in [0.25, 0.3) is 10.6 Å². The molecular weight excluding hydrogens is 394 g/mol. The molecule has 0 aliphatic rings. The third-order valence-electron chi connectivity index (χ3n) is 3.77. The summed E-state index contributed by atoms with van der Waals surface area (Å²) < 4.78 is 26.2. The molecular formula is C20H19N3O3S2. The molecule has 8 heteroatoms. The van der Waals surface area contributed by atoms with Gasteiger partial charge >= 0.3 is 0 Å². The van der Waals surface area contributed by atoms with Crippen LogP contribution in [0, 0.1) is 0 Å². The Morgan fingerprint density at radius 2 is 1.82 bits per heavy atom. The molecule has 1 amide bonds. The lowest BCUT2D eigenvalue weighted by Crippen LogP contribution is -2.25. The quantitative estimate of drug-likeness (QED) is 0.552. The molecule has 2 aromatic carbocycles. The number of amides is 1. The van der Waals surface area contributed by atoms with Gasteiger partial charge in [-0.15, -0.1) is 17.9 Å². The largest absolute Gasteiger partial charge is 0.321 e. The van der Waals surface area contributed by atoms with Gasteiger partial charge < -0.3 is 5.32 Å². The van der Waals surface area contributed by atoms with Gasteiger partial charge in [0.1, 0.15) is 10.7 Å². The van der Waals surface area contributed by atoms with Gasteiger partial charge in [-0.25, -0.2) is 18.1 Å². The molecule has 1 aromatic heterocycles. The summed E-state index contributed by atoms with van der Waals surface area (Å²) in [7, 11) is -3.42. The molecule has 0 aliphatic heterocycles. The smallest absolute Gasteiger partial charge is 0.275 e. The standard InChI is InChI=1S/C20H19N3O3S2/c1-2-12-21-28(25,26)14-15-8-10-17(11-9-15)22-19(24)18-13-27-20(23-18)16-6-4-3-5-7-16/h2-11,13,21H,1,12,14H2,(H,22,24). The Labute approximate surface area is 168 Å². The molecule has 3 rings (SSSR count). The van der Waals surface area contributed by atoms with E-state index in [0.29, 0.717) is 16.9 Å². The third kappa shape index (κ3) is 5.35. The van der Waals surface area contributed by atoms with Crippen LogP contribution in [0.5, 0.6) is 0 Å². The van der Waals surface area contributed by atoms with E-state index in [9.17, 15) is 13.2 Å². The van der Waals surface area contributed by atoms with E-state index < -0.39 is 10.0 Å². The number of carbonyl (C=O) groups is 1. The summed E-state index contributed by atoms with van der Waals surface area (Å²) in [6.07, 6.45) is 1.48. The van der Waals surface area contributed by atoms with Crippen LogP contribution in [-0.2, 0) is 15.8 Å².